The molecule has 0 bridgehead atoms. The molecule has 0 fully saturated rings. The number of benzene rings is 3. The first-order valence-electron chi connectivity index (χ1n) is 8.85. The summed E-state index contributed by atoms with van der Waals surface area (Å²) >= 11 is 0. The van der Waals surface area contributed by atoms with Crippen LogP contribution in [-0.2, 0) is 21.6 Å². The Morgan fingerprint density at radius 1 is 0.923 bits per heavy atom. The molecule has 2 heteroatoms. The van der Waals surface area contributed by atoms with Crippen molar-refractivity contribution in [1.29, 1.82) is 0 Å². The van der Waals surface area contributed by atoms with Crippen LogP contribution in [0, 0.1) is 0 Å². The van der Waals surface area contributed by atoms with Gasteiger partial charge in [0.25, 0.3) is 0 Å². The van der Waals surface area contributed by atoms with Crippen LogP contribution in [0.2, 0.25) is 0 Å². The molecule has 0 amide bonds. The van der Waals surface area contributed by atoms with Gasteiger partial charge in [-0.1, -0.05) is 87.5 Å². The van der Waals surface area contributed by atoms with Gasteiger partial charge < -0.3 is 4.74 Å². The van der Waals surface area contributed by atoms with Crippen molar-refractivity contribution in [2.24, 2.45) is 0 Å². The van der Waals surface area contributed by atoms with E-state index in [2.05, 4.69) is 51.1 Å². The summed E-state index contributed by atoms with van der Waals surface area (Å²) in [5, 5.41) is 2.28. The molecular formula is C24H24O2. The zero-order chi connectivity index (χ0) is 18.6. The lowest BCUT2D eigenvalue weighted by Crippen LogP contribution is -2.10. The van der Waals surface area contributed by atoms with Gasteiger partial charge >= 0.3 is 5.97 Å². The van der Waals surface area contributed by atoms with Gasteiger partial charge in [-0.15, -0.1) is 0 Å². The molecule has 0 aliphatic heterocycles. The summed E-state index contributed by atoms with van der Waals surface area (Å²) in [6, 6.07) is 22.4. The minimum absolute atomic E-state index is 0.121. The highest BCUT2D eigenvalue weighted by Crippen LogP contribution is 2.22. The Balaban J connectivity index is 1.63. The lowest BCUT2D eigenvalue weighted by molar-refractivity contribution is -0.138. The van der Waals surface area contributed by atoms with Gasteiger partial charge in [0.05, 0.1) is 0 Å². The zero-order valence-electron chi connectivity index (χ0n) is 15.5. The van der Waals surface area contributed by atoms with Crippen LogP contribution in [0.5, 0.6) is 0 Å². The van der Waals surface area contributed by atoms with E-state index >= 15 is 0 Å². The quantitative estimate of drug-likeness (QED) is 0.435. The maximum Gasteiger partial charge on any atom is 0.331 e. The van der Waals surface area contributed by atoms with Crippen molar-refractivity contribution < 1.29 is 9.53 Å². The molecule has 0 aliphatic rings. The monoisotopic (exact) mass is 344 g/mol. The van der Waals surface area contributed by atoms with Crippen molar-refractivity contribution in [3.05, 3.63) is 89.5 Å². The third kappa shape index (κ3) is 4.40. The van der Waals surface area contributed by atoms with E-state index in [0.717, 1.165) is 21.9 Å². The number of carbonyl (C=O) groups is 1. The lowest BCUT2D eigenvalue weighted by atomic mass is 9.87. The first-order chi connectivity index (χ1) is 12.4. The van der Waals surface area contributed by atoms with Crippen LogP contribution in [0.15, 0.2) is 72.8 Å². The summed E-state index contributed by atoms with van der Waals surface area (Å²) in [6.07, 6.45) is 3.30. The van der Waals surface area contributed by atoms with Gasteiger partial charge in [-0.05, 0) is 39.0 Å². The number of esters is 1. The lowest BCUT2D eigenvalue weighted by Gasteiger charge is -2.19. The molecule has 0 aliphatic carbocycles. The summed E-state index contributed by atoms with van der Waals surface area (Å²) in [7, 11) is 0. The average Bonchev–Trinajstić information content (AvgIpc) is 2.64. The van der Waals surface area contributed by atoms with Gasteiger partial charge in [0.15, 0.2) is 0 Å². The number of ether oxygens (including phenoxy) is 1. The van der Waals surface area contributed by atoms with Crippen LogP contribution < -0.4 is 0 Å². The number of fused-ring (bicyclic) bond motifs is 1. The van der Waals surface area contributed by atoms with Gasteiger partial charge in [0.2, 0.25) is 0 Å². The number of hydrogen-bond donors (Lipinski definition) is 0. The molecule has 0 saturated heterocycles. The van der Waals surface area contributed by atoms with Crippen molar-refractivity contribution in [3.63, 3.8) is 0 Å². The Labute approximate surface area is 155 Å². The van der Waals surface area contributed by atoms with E-state index in [1.807, 2.05) is 42.5 Å². The topological polar surface area (TPSA) is 26.3 Å². The van der Waals surface area contributed by atoms with Gasteiger partial charge in [-0.25, -0.2) is 4.79 Å². The van der Waals surface area contributed by atoms with Crippen LogP contribution in [0.25, 0.3) is 16.8 Å². The summed E-state index contributed by atoms with van der Waals surface area (Å²) in [5.41, 5.74) is 3.39. The Hall–Kier alpha value is -2.87. The molecule has 3 rings (SSSR count). The SMILES string of the molecule is CC(C)(C)c1ccc(COC(=O)C=Cc2cccc3ccccc23)cc1. The fraction of sp³-hybridized carbons (Fsp3) is 0.208. The van der Waals surface area contributed by atoms with E-state index in [1.54, 1.807) is 0 Å². The van der Waals surface area contributed by atoms with Crippen molar-refractivity contribution in [3.8, 4) is 0 Å². The highest BCUT2D eigenvalue weighted by atomic mass is 16.5. The molecule has 0 N–H and O–H groups in total. The molecule has 0 radical (unpaired) electrons. The molecule has 0 saturated carbocycles. The predicted octanol–water partition coefficient (Wildman–Crippen LogP) is 5.89. The van der Waals surface area contributed by atoms with Crippen LogP contribution in [0.1, 0.15) is 37.5 Å². The van der Waals surface area contributed by atoms with Crippen molar-refractivity contribution in [1.82, 2.24) is 0 Å². The van der Waals surface area contributed by atoms with Crippen molar-refractivity contribution >= 4 is 22.8 Å². The predicted molar refractivity (Wildman–Crippen MR) is 108 cm³/mol. The molecule has 3 aromatic carbocycles. The fourth-order valence-corrected chi connectivity index (χ4v) is 2.86. The van der Waals surface area contributed by atoms with Gasteiger partial charge in [0.1, 0.15) is 6.61 Å². The van der Waals surface area contributed by atoms with Crippen LogP contribution in [-0.4, -0.2) is 5.97 Å². The Morgan fingerprint density at radius 2 is 1.62 bits per heavy atom. The van der Waals surface area contributed by atoms with E-state index in [0.29, 0.717) is 0 Å². The Bertz CT molecular complexity index is 923. The third-order valence-electron chi connectivity index (χ3n) is 4.42. The molecule has 0 atom stereocenters. The standard InChI is InChI=1S/C24H24O2/c1-24(2,3)21-14-11-18(12-15-21)17-26-23(25)16-13-20-9-6-8-19-7-4-5-10-22(19)20/h4-16H,17H2,1-3H3. The van der Waals surface area contributed by atoms with Crippen molar-refractivity contribution in [2.75, 3.05) is 0 Å². The van der Waals surface area contributed by atoms with Gasteiger partial charge in [0, 0.05) is 6.08 Å². The number of carbonyl (C=O) groups excluding carboxylic acids is 1. The second kappa shape index (κ2) is 7.57. The van der Waals surface area contributed by atoms with Crippen LogP contribution in [0.4, 0.5) is 0 Å². The van der Waals surface area contributed by atoms with E-state index in [9.17, 15) is 4.79 Å². The largest absolute Gasteiger partial charge is 0.458 e. The maximum atomic E-state index is 12.0. The zero-order valence-corrected chi connectivity index (χ0v) is 15.5. The summed E-state index contributed by atoms with van der Waals surface area (Å²) in [5.74, 6) is -0.335. The number of rotatable bonds is 4. The smallest absolute Gasteiger partial charge is 0.331 e. The highest BCUT2D eigenvalue weighted by molar-refractivity contribution is 5.94. The second-order valence-electron chi connectivity index (χ2n) is 7.46. The molecule has 2 nitrogen and oxygen atoms in total. The molecule has 132 valence electrons. The first kappa shape index (κ1) is 17.9. The first-order valence-corrected chi connectivity index (χ1v) is 8.85. The minimum atomic E-state index is -0.335. The van der Waals surface area contributed by atoms with Crippen LogP contribution in [0.3, 0.4) is 0 Å². The van der Waals surface area contributed by atoms with Crippen LogP contribution >= 0.6 is 0 Å². The van der Waals surface area contributed by atoms with E-state index in [1.165, 1.54) is 11.6 Å². The van der Waals surface area contributed by atoms with E-state index < -0.39 is 0 Å². The molecule has 0 spiro atoms. The third-order valence-corrected chi connectivity index (χ3v) is 4.42. The van der Waals surface area contributed by atoms with E-state index in [4.69, 9.17) is 4.74 Å². The maximum absolute atomic E-state index is 12.0. The summed E-state index contributed by atoms with van der Waals surface area (Å²) < 4.78 is 5.36. The highest BCUT2D eigenvalue weighted by Gasteiger charge is 2.12. The normalized spacial score (nSPS) is 11.8. The Kier molecular flexibility index (Phi) is 5.22. The molecule has 26 heavy (non-hydrogen) atoms. The average molecular weight is 344 g/mol. The summed E-state index contributed by atoms with van der Waals surface area (Å²) in [6.45, 7) is 6.82. The van der Waals surface area contributed by atoms with Crippen molar-refractivity contribution in [2.45, 2.75) is 32.8 Å². The summed E-state index contributed by atoms with van der Waals surface area (Å²) in [4.78, 5) is 12.0. The fourth-order valence-electron chi connectivity index (χ4n) is 2.86. The molecule has 0 heterocycles. The molecular weight excluding hydrogens is 320 g/mol. The van der Waals surface area contributed by atoms with Gasteiger partial charge in [-0.2, -0.15) is 0 Å². The second-order valence-corrected chi connectivity index (χ2v) is 7.46. The van der Waals surface area contributed by atoms with Gasteiger partial charge in [-0.3, -0.25) is 0 Å². The number of hydrogen-bond acceptors (Lipinski definition) is 2. The Morgan fingerprint density at radius 3 is 2.35 bits per heavy atom. The molecule has 0 unspecified atom stereocenters. The minimum Gasteiger partial charge on any atom is -0.458 e. The molecule has 3 aromatic rings. The van der Waals surface area contributed by atoms with E-state index in [-0.39, 0.29) is 18.0 Å². The molecule has 0 aromatic heterocycles.